The number of hydrogen-bond donors (Lipinski definition) is 3. The van der Waals surface area contributed by atoms with Crippen molar-refractivity contribution in [2.75, 3.05) is 6.54 Å². The van der Waals surface area contributed by atoms with Gasteiger partial charge in [-0.25, -0.2) is 9.18 Å². The quantitative estimate of drug-likeness (QED) is 0.643. The molecule has 0 fully saturated rings. The monoisotopic (exact) mass is 339 g/mol. The van der Waals surface area contributed by atoms with Crippen LogP contribution in [0.25, 0.3) is 10.9 Å². The zero-order valence-corrected chi connectivity index (χ0v) is 14.3. The second-order valence-corrected chi connectivity index (χ2v) is 6.40. The SMILES string of the molecule is CC(C)NC(=O)NC[C@@H](c1ccc(F)cc1)c1c[nH]c2ccccc12. The summed E-state index contributed by atoms with van der Waals surface area (Å²) in [5.41, 5.74) is 3.07. The minimum Gasteiger partial charge on any atom is -0.361 e. The van der Waals surface area contributed by atoms with E-state index in [1.54, 1.807) is 12.1 Å². The average Bonchev–Trinajstić information content (AvgIpc) is 3.00. The Labute approximate surface area is 146 Å². The summed E-state index contributed by atoms with van der Waals surface area (Å²) in [6, 6.07) is 14.3. The summed E-state index contributed by atoms with van der Waals surface area (Å²) in [6.45, 7) is 4.25. The molecular weight excluding hydrogens is 317 g/mol. The van der Waals surface area contributed by atoms with E-state index in [1.807, 2.05) is 44.3 Å². The highest BCUT2D eigenvalue weighted by molar-refractivity contribution is 5.84. The molecule has 1 aromatic heterocycles. The third-order valence-electron chi connectivity index (χ3n) is 4.16. The van der Waals surface area contributed by atoms with Crippen LogP contribution in [0, 0.1) is 5.82 Å². The van der Waals surface area contributed by atoms with Crippen molar-refractivity contribution < 1.29 is 9.18 Å². The zero-order valence-electron chi connectivity index (χ0n) is 14.3. The fourth-order valence-electron chi connectivity index (χ4n) is 2.99. The van der Waals surface area contributed by atoms with Gasteiger partial charge in [-0.3, -0.25) is 0 Å². The Kier molecular flexibility index (Phi) is 5.03. The second kappa shape index (κ2) is 7.38. The van der Waals surface area contributed by atoms with Gasteiger partial charge >= 0.3 is 6.03 Å². The molecule has 0 saturated carbocycles. The van der Waals surface area contributed by atoms with Crippen molar-refractivity contribution in [3.8, 4) is 0 Å². The Morgan fingerprint density at radius 1 is 1.12 bits per heavy atom. The van der Waals surface area contributed by atoms with Crippen LogP contribution in [0.2, 0.25) is 0 Å². The number of benzene rings is 2. The van der Waals surface area contributed by atoms with Crippen molar-refractivity contribution in [3.63, 3.8) is 0 Å². The standard InChI is InChI=1S/C20H22FN3O/c1-13(2)24-20(25)23-11-17(14-7-9-15(21)10-8-14)18-12-22-19-6-4-3-5-16(18)19/h3-10,12-13,17,22H,11H2,1-2H3,(H2,23,24,25)/t17-/m0/s1. The first kappa shape index (κ1) is 17.0. The molecule has 1 heterocycles. The topological polar surface area (TPSA) is 56.9 Å². The summed E-state index contributed by atoms with van der Waals surface area (Å²) in [5.74, 6) is -0.346. The number of H-pyrrole nitrogens is 1. The van der Waals surface area contributed by atoms with E-state index in [-0.39, 0.29) is 23.8 Å². The van der Waals surface area contributed by atoms with Crippen LogP contribution in [0.3, 0.4) is 0 Å². The molecule has 0 aliphatic carbocycles. The van der Waals surface area contributed by atoms with Crippen molar-refractivity contribution in [3.05, 3.63) is 71.7 Å². The first-order valence-electron chi connectivity index (χ1n) is 8.40. The molecule has 5 heteroatoms. The van der Waals surface area contributed by atoms with Crippen LogP contribution >= 0.6 is 0 Å². The number of carbonyl (C=O) groups is 1. The van der Waals surface area contributed by atoms with Gasteiger partial charge in [-0.15, -0.1) is 0 Å². The molecule has 1 atom stereocenters. The number of para-hydroxylation sites is 1. The first-order chi connectivity index (χ1) is 12.0. The molecule has 0 bridgehead atoms. The minimum atomic E-state index is -0.271. The van der Waals surface area contributed by atoms with Crippen molar-refractivity contribution in [2.24, 2.45) is 0 Å². The maximum atomic E-state index is 13.3. The van der Waals surface area contributed by atoms with Gasteiger partial charge in [0, 0.05) is 35.6 Å². The van der Waals surface area contributed by atoms with E-state index < -0.39 is 0 Å². The maximum absolute atomic E-state index is 13.3. The maximum Gasteiger partial charge on any atom is 0.315 e. The number of fused-ring (bicyclic) bond motifs is 1. The van der Waals surface area contributed by atoms with E-state index in [4.69, 9.17) is 0 Å². The van der Waals surface area contributed by atoms with Gasteiger partial charge in [0.2, 0.25) is 0 Å². The van der Waals surface area contributed by atoms with Gasteiger partial charge in [0.15, 0.2) is 0 Å². The predicted octanol–water partition coefficient (Wildman–Crippen LogP) is 4.15. The van der Waals surface area contributed by atoms with Crippen molar-refractivity contribution >= 4 is 16.9 Å². The van der Waals surface area contributed by atoms with Gasteiger partial charge < -0.3 is 15.6 Å². The van der Waals surface area contributed by atoms with Gasteiger partial charge in [0.1, 0.15) is 5.82 Å². The van der Waals surface area contributed by atoms with Crippen molar-refractivity contribution in [1.82, 2.24) is 15.6 Å². The molecule has 3 N–H and O–H groups in total. The van der Waals surface area contributed by atoms with Gasteiger partial charge in [0.05, 0.1) is 0 Å². The van der Waals surface area contributed by atoms with Crippen molar-refractivity contribution in [1.29, 1.82) is 0 Å². The fraction of sp³-hybridized carbons (Fsp3) is 0.250. The number of aromatic nitrogens is 1. The Morgan fingerprint density at radius 3 is 2.56 bits per heavy atom. The molecule has 0 spiro atoms. The lowest BCUT2D eigenvalue weighted by Gasteiger charge is -2.19. The molecule has 4 nitrogen and oxygen atoms in total. The Bertz CT molecular complexity index is 855. The third kappa shape index (κ3) is 3.99. The molecule has 25 heavy (non-hydrogen) atoms. The van der Waals surface area contributed by atoms with E-state index >= 15 is 0 Å². The molecule has 0 radical (unpaired) electrons. The molecule has 2 aromatic carbocycles. The fourth-order valence-corrected chi connectivity index (χ4v) is 2.99. The van der Waals surface area contributed by atoms with Gasteiger partial charge in [0.25, 0.3) is 0 Å². The normalized spacial score (nSPS) is 12.3. The Balaban J connectivity index is 1.91. The minimum absolute atomic E-state index is 0.0670. The third-order valence-corrected chi connectivity index (χ3v) is 4.16. The largest absolute Gasteiger partial charge is 0.361 e. The average molecular weight is 339 g/mol. The molecule has 0 aliphatic rings. The molecule has 3 rings (SSSR count). The molecule has 0 saturated heterocycles. The van der Waals surface area contributed by atoms with Crippen LogP contribution in [-0.4, -0.2) is 23.6 Å². The van der Waals surface area contributed by atoms with Crippen molar-refractivity contribution in [2.45, 2.75) is 25.8 Å². The van der Waals surface area contributed by atoms with Crippen LogP contribution in [0.15, 0.2) is 54.7 Å². The Morgan fingerprint density at radius 2 is 1.84 bits per heavy atom. The smallest absolute Gasteiger partial charge is 0.315 e. The Hall–Kier alpha value is -2.82. The molecule has 0 aliphatic heterocycles. The number of halogens is 1. The number of aromatic amines is 1. The van der Waals surface area contributed by atoms with Gasteiger partial charge in [-0.05, 0) is 43.2 Å². The van der Waals surface area contributed by atoms with Gasteiger partial charge in [-0.1, -0.05) is 30.3 Å². The van der Waals surface area contributed by atoms with Crippen LogP contribution in [0.1, 0.15) is 30.9 Å². The molecular formula is C20H22FN3O. The molecule has 3 aromatic rings. The number of rotatable bonds is 5. The summed E-state index contributed by atoms with van der Waals surface area (Å²) < 4.78 is 13.3. The highest BCUT2D eigenvalue weighted by atomic mass is 19.1. The van der Waals surface area contributed by atoms with E-state index in [1.165, 1.54) is 12.1 Å². The highest BCUT2D eigenvalue weighted by Gasteiger charge is 2.19. The molecule has 2 amide bonds. The van der Waals surface area contributed by atoms with Crippen LogP contribution in [-0.2, 0) is 0 Å². The van der Waals surface area contributed by atoms with E-state index in [2.05, 4.69) is 15.6 Å². The second-order valence-electron chi connectivity index (χ2n) is 6.40. The summed E-state index contributed by atoms with van der Waals surface area (Å²) in [4.78, 5) is 15.3. The number of carbonyl (C=O) groups excluding carboxylic acids is 1. The van der Waals surface area contributed by atoms with E-state index in [9.17, 15) is 9.18 Å². The summed E-state index contributed by atoms with van der Waals surface area (Å²) >= 11 is 0. The van der Waals surface area contributed by atoms with Crippen LogP contribution in [0.5, 0.6) is 0 Å². The number of hydrogen-bond acceptors (Lipinski definition) is 1. The predicted molar refractivity (Wildman–Crippen MR) is 98.2 cm³/mol. The molecule has 130 valence electrons. The lowest BCUT2D eigenvalue weighted by Crippen LogP contribution is -2.41. The van der Waals surface area contributed by atoms with Crippen LogP contribution < -0.4 is 10.6 Å². The summed E-state index contributed by atoms with van der Waals surface area (Å²) in [5, 5.41) is 6.85. The summed E-state index contributed by atoms with van der Waals surface area (Å²) in [6.07, 6.45) is 1.96. The summed E-state index contributed by atoms with van der Waals surface area (Å²) in [7, 11) is 0. The molecule has 0 unspecified atom stereocenters. The lowest BCUT2D eigenvalue weighted by atomic mass is 9.91. The first-order valence-corrected chi connectivity index (χ1v) is 8.40. The number of nitrogens with one attached hydrogen (secondary N) is 3. The lowest BCUT2D eigenvalue weighted by molar-refractivity contribution is 0.238. The number of urea groups is 1. The van der Waals surface area contributed by atoms with E-state index in [0.29, 0.717) is 6.54 Å². The highest BCUT2D eigenvalue weighted by Crippen LogP contribution is 2.30. The zero-order chi connectivity index (χ0) is 17.8. The van der Waals surface area contributed by atoms with E-state index in [0.717, 1.165) is 22.0 Å². The van der Waals surface area contributed by atoms with Gasteiger partial charge in [-0.2, -0.15) is 0 Å². The van der Waals surface area contributed by atoms with Crippen LogP contribution in [0.4, 0.5) is 9.18 Å². The number of amides is 2.